The summed E-state index contributed by atoms with van der Waals surface area (Å²) in [6.45, 7) is 11.8. The van der Waals surface area contributed by atoms with Crippen molar-refractivity contribution in [2.75, 3.05) is 66.4 Å². The number of hydrogen-bond acceptors (Lipinski definition) is 5. The Balaban J connectivity index is 3.39. The fraction of sp³-hybridized carbons (Fsp3) is 0.667. The number of hydrogen-bond donors (Lipinski definition) is 0. The van der Waals surface area contributed by atoms with Crippen LogP contribution in [0.25, 0.3) is 0 Å². The van der Waals surface area contributed by atoms with Gasteiger partial charge < -0.3 is 23.8 Å². The Labute approximate surface area is 127 Å². The maximum absolute atomic E-state index is 11.5. The van der Waals surface area contributed by atoms with E-state index in [4.69, 9.17) is 18.9 Å². The molecule has 0 N–H and O–H groups in total. The summed E-state index contributed by atoms with van der Waals surface area (Å²) in [5.41, 5.74) is 0. The number of nitrogens with zero attached hydrogens (tertiary/aromatic N) is 1. The Morgan fingerprint density at radius 3 is 1.95 bits per heavy atom. The molecular weight excluding hydrogens is 274 g/mol. The molecule has 0 aliphatic heterocycles. The maximum atomic E-state index is 11.5. The number of rotatable bonds is 15. The molecule has 0 spiro atoms. The summed E-state index contributed by atoms with van der Waals surface area (Å²) in [5.74, 6) is -0.122. The molecule has 0 aliphatic rings. The molecule has 122 valence electrons. The molecule has 21 heavy (non-hydrogen) atoms. The Hall–Kier alpha value is -1.21. The lowest BCUT2D eigenvalue weighted by molar-refractivity contribution is -0.126. The zero-order valence-corrected chi connectivity index (χ0v) is 12.9. The van der Waals surface area contributed by atoms with E-state index in [0.717, 1.165) is 0 Å². The number of carbonyl (C=O) groups is 1. The van der Waals surface area contributed by atoms with Gasteiger partial charge in [0.25, 0.3) is 0 Å². The zero-order chi connectivity index (χ0) is 15.8. The largest absolute Gasteiger partial charge is 0.382 e. The van der Waals surface area contributed by atoms with Gasteiger partial charge in [-0.15, -0.1) is 6.58 Å². The van der Waals surface area contributed by atoms with Crippen molar-refractivity contribution in [1.82, 2.24) is 4.90 Å². The first-order valence-corrected chi connectivity index (χ1v) is 7.00. The van der Waals surface area contributed by atoms with Crippen molar-refractivity contribution < 1.29 is 23.7 Å². The van der Waals surface area contributed by atoms with Crippen molar-refractivity contribution in [2.24, 2.45) is 0 Å². The van der Waals surface area contributed by atoms with Gasteiger partial charge in [-0.3, -0.25) is 4.79 Å². The average molecular weight is 301 g/mol. The number of methoxy groups -OCH3 is 1. The minimum atomic E-state index is -0.122. The van der Waals surface area contributed by atoms with Gasteiger partial charge >= 0.3 is 0 Å². The summed E-state index contributed by atoms with van der Waals surface area (Å²) in [6, 6.07) is 0. The Morgan fingerprint density at radius 2 is 1.48 bits per heavy atom. The lowest BCUT2D eigenvalue weighted by atomic mass is 10.4. The van der Waals surface area contributed by atoms with E-state index < -0.39 is 0 Å². The minimum absolute atomic E-state index is 0.122. The van der Waals surface area contributed by atoms with Crippen molar-refractivity contribution in [3.05, 3.63) is 25.3 Å². The highest BCUT2D eigenvalue weighted by Gasteiger charge is 2.07. The molecule has 0 rings (SSSR count). The molecule has 1 amide bonds. The first-order chi connectivity index (χ1) is 10.3. The normalized spacial score (nSPS) is 10.3. The van der Waals surface area contributed by atoms with E-state index in [9.17, 15) is 4.79 Å². The highest BCUT2D eigenvalue weighted by Crippen LogP contribution is 1.92. The minimum Gasteiger partial charge on any atom is -0.382 e. The van der Waals surface area contributed by atoms with Crippen LogP contribution >= 0.6 is 0 Å². The molecule has 0 aromatic rings. The van der Waals surface area contributed by atoms with Crippen LogP contribution in [0.3, 0.4) is 0 Å². The average Bonchev–Trinajstić information content (AvgIpc) is 2.50. The Bertz CT molecular complexity index is 283. The smallest absolute Gasteiger partial charge is 0.246 e. The molecular formula is C15H27NO5. The maximum Gasteiger partial charge on any atom is 0.246 e. The molecule has 0 atom stereocenters. The van der Waals surface area contributed by atoms with Crippen molar-refractivity contribution in [3.63, 3.8) is 0 Å². The van der Waals surface area contributed by atoms with E-state index in [1.54, 1.807) is 18.1 Å². The molecule has 0 saturated carbocycles. The third kappa shape index (κ3) is 12.3. The highest BCUT2D eigenvalue weighted by molar-refractivity contribution is 5.87. The van der Waals surface area contributed by atoms with Crippen LogP contribution in [0.1, 0.15) is 0 Å². The quantitative estimate of drug-likeness (QED) is 0.255. The Kier molecular flexibility index (Phi) is 14.3. The number of carbonyl (C=O) groups excluding carboxylic acids is 1. The molecule has 0 saturated heterocycles. The number of ether oxygens (including phenoxy) is 4. The first-order valence-electron chi connectivity index (χ1n) is 7.00. The van der Waals surface area contributed by atoms with Gasteiger partial charge in [0.2, 0.25) is 5.91 Å². The molecule has 0 aliphatic carbocycles. The van der Waals surface area contributed by atoms with E-state index in [2.05, 4.69) is 13.2 Å². The third-order valence-electron chi connectivity index (χ3n) is 2.52. The Morgan fingerprint density at radius 1 is 0.952 bits per heavy atom. The van der Waals surface area contributed by atoms with E-state index in [1.165, 1.54) is 6.08 Å². The molecule has 6 heteroatoms. The van der Waals surface area contributed by atoms with Gasteiger partial charge in [-0.25, -0.2) is 0 Å². The molecule has 0 aromatic carbocycles. The molecule has 0 radical (unpaired) electrons. The SMILES string of the molecule is C=CCN(CCOCCOCCOCCOC)C(=O)C=C. The van der Waals surface area contributed by atoms with Crippen LogP contribution in [-0.2, 0) is 23.7 Å². The predicted octanol–water partition coefficient (Wildman–Crippen LogP) is 0.883. The van der Waals surface area contributed by atoms with E-state index >= 15 is 0 Å². The molecule has 0 heterocycles. The summed E-state index contributed by atoms with van der Waals surface area (Å²) >= 11 is 0. The molecule has 6 nitrogen and oxygen atoms in total. The van der Waals surface area contributed by atoms with E-state index in [1.807, 2.05) is 0 Å². The summed E-state index contributed by atoms with van der Waals surface area (Å²) in [5, 5.41) is 0. The van der Waals surface area contributed by atoms with Crippen molar-refractivity contribution in [3.8, 4) is 0 Å². The van der Waals surface area contributed by atoms with Crippen LogP contribution in [-0.4, -0.2) is 77.3 Å². The fourth-order valence-corrected chi connectivity index (χ4v) is 1.44. The van der Waals surface area contributed by atoms with Gasteiger partial charge in [-0.2, -0.15) is 0 Å². The first kappa shape index (κ1) is 19.8. The second-order valence-electron chi connectivity index (χ2n) is 4.11. The van der Waals surface area contributed by atoms with Crippen LogP contribution in [0.2, 0.25) is 0 Å². The molecule has 0 unspecified atom stereocenters. The van der Waals surface area contributed by atoms with Crippen LogP contribution in [0.4, 0.5) is 0 Å². The fourth-order valence-electron chi connectivity index (χ4n) is 1.44. The van der Waals surface area contributed by atoms with Crippen molar-refractivity contribution in [2.45, 2.75) is 0 Å². The van der Waals surface area contributed by atoms with Crippen LogP contribution in [0.15, 0.2) is 25.3 Å². The second-order valence-corrected chi connectivity index (χ2v) is 4.11. The molecule has 0 fully saturated rings. The highest BCUT2D eigenvalue weighted by atomic mass is 16.6. The van der Waals surface area contributed by atoms with Crippen molar-refractivity contribution in [1.29, 1.82) is 0 Å². The van der Waals surface area contributed by atoms with Crippen LogP contribution < -0.4 is 0 Å². The summed E-state index contributed by atoms with van der Waals surface area (Å²) in [6.07, 6.45) is 2.96. The topological polar surface area (TPSA) is 57.2 Å². The summed E-state index contributed by atoms with van der Waals surface area (Å²) in [7, 11) is 1.63. The lowest BCUT2D eigenvalue weighted by Gasteiger charge is -2.19. The third-order valence-corrected chi connectivity index (χ3v) is 2.52. The standard InChI is InChI=1S/C15H27NO5/c1-4-6-16(15(17)5-2)7-8-19-11-12-21-14-13-20-10-9-18-3/h4-5H,1-2,6-14H2,3H3. The number of amides is 1. The van der Waals surface area contributed by atoms with E-state index in [-0.39, 0.29) is 5.91 Å². The van der Waals surface area contributed by atoms with E-state index in [0.29, 0.717) is 59.3 Å². The van der Waals surface area contributed by atoms with Crippen LogP contribution in [0.5, 0.6) is 0 Å². The summed E-state index contributed by atoms with van der Waals surface area (Å²) in [4.78, 5) is 13.1. The lowest BCUT2D eigenvalue weighted by Crippen LogP contribution is -2.33. The van der Waals surface area contributed by atoms with Crippen LogP contribution in [0, 0.1) is 0 Å². The zero-order valence-electron chi connectivity index (χ0n) is 12.9. The van der Waals surface area contributed by atoms with Crippen molar-refractivity contribution >= 4 is 5.91 Å². The van der Waals surface area contributed by atoms with Gasteiger partial charge in [0.05, 0.1) is 46.2 Å². The van der Waals surface area contributed by atoms with Gasteiger partial charge in [0.15, 0.2) is 0 Å². The van der Waals surface area contributed by atoms with Gasteiger partial charge in [0.1, 0.15) is 0 Å². The van der Waals surface area contributed by atoms with Gasteiger partial charge in [-0.1, -0.05) is 12.7 Å². The summed E-state index contributed by atoms with van der Waals surface area (Å²) < 4.78 is 20.8. The van der Waals surface area contributed by atoms with Gasteiger partial charge in [0, 0.05) is 20.2 Å². The van der Waals surface area contributed by atoms with Gasteiger partial charge in [-0.05, 0) is 6.08 Å². The second kappa shape index (κ2) is 15.2. The molecule has 0 aromatic heterocycles. The molecule has 0 bridgehead atoms. The monoisotopic (exact) mass is 301 g/mol. The predicted molar refractivity (Wildman–Crippen MR) is 81.3 cm³/mol.